The van der Waals surface area contributed by atoms with Crippen molar-refractivity contribution in [2.24, 2.45) is 0 Å². The summed E-state index contributed by atoms with van der Waals surface area (Å²) in [4.78, 5) is 25.1. The average Bonchev–Trinajstić information content (AvgIpc) is 3.34. The van der Waals surface area contributed by atoms with Crippen molar-refractivity contribution in [1.29, 1.82) is 0 Å². The van der Waals surface area contributed by atoms with Gasteiger partial charge in [-0.1, -0.05) is 224 Å². The van der Waals surface area contributed by atoms with Crippen LogP contribution in [0.3, 0.4) is 0 Å². The lowest BCUT2D eigenvalue weighted by molar-refractivity contribution is -0.302. The van der Waals surface area contributed by atoms with E-state index in [9.17, 15) is 35.1 Å². The van der Waals surface area contributed by atoms with E-state index < -0.39 is 49.5 Å². The lowest BCUT2D eigenvalue weighted by Gasteiger charge is -2.40. The van der Waals surface area contributed by atoms with E-state index in [1.165, 1.54) is 161 Å². The number of nitrogens with one attached hydrogen (secondary N) is 1. The van der Waals surface area contributed by atoms with Gasteiger partial charge in [-0.15, -0.1) is 0 Å². The molecule has 0 aromatic heterocycles. The molecule has 11 nitrogen and oxygen atoms in total. The van der Waals surface area contributed by atoms with Crippen LogP contribution in [0.1, 0.15) is 271 Å². The fraction of sp³-hybridized carbons (Fsp3) is 0.897. The summed E-state index contributed by atoms with van der Waals surface area (Å²) in [6.45, 7) is 4.30. The molecule has 1 saturated heterocycles. The van der Waals surface area contributed by atoms with E-state index in [4.69, 9.17) is 14.2 Å². The minimum atomic E-state index is -1.58. The Kier molecular flexibility index (Phi) is 45.7. The van der Waals surface area contributed by atoms with Crippen LogP contribution in [-0.4, -0.2) is 100 Å². The third-order valence-electron chi connectivity index (χ3n) is 13.8. The van der Waals surface area contributed by atoms with Gasteiger partial charge in [-0.25, -0.2) is 0 Å². The SMILES string of the molecule is CCCCCCCCCCCCCCC/C=C/C(O)C(COC1OC(CO)C(O)C(O)C1O)NC(=O)CCCCCCCCC/C=C\CCCCCCOC(=O)CCCCCCCCCCCCC. The number of hydrogen-bond donors (Lipinski definition) is 6. The van der Waals surface area contributed by atoms with Gasteiger partial charge in [0.05, 0.1) is 32.0 Å². The lowest BCUT2D eigenvalue weighted by Crippen LogP contribution is -2.60. The minimum absolute atomic E-state index is 0.0294. The first-order valence-corrected chi connectivity index (χ1v) is 29.1. The fourth-order valence-corrected chi connectivity index (χ4v) is 9.13. The standard InChI is InChI=1S/C58H109NO10/c1-3-5-7-9-11-13-15-16-18-21-25-28-32-36-40-44-51(61)50(49-68-58-57(66)56(65)55(64)52(48-60)69-58)59-53(62)45-41-37-33-29-26-22-19-17-20-23-27-31-35-39-43-47-67-54(63)46-42-38-34-30-24-14-12-10-8-6-4-2/h20,23,40,44,50-52,55-58,60-61,64-66H,3-19,21-22,24-39,41-43,45-49H2,1-2H3,(H,59,62)/b23-20-,44-40+. The summed E-state index contributed by atoms with van der Waals surface area (Å²) in [5.41, 5.74) is 0. The van der Waals surface area contributed by atoms with Gasteiger partial charge in [-0.2, -0.15) is 0 Å². The average molecular weight is 981 g/mol. The molecule has 7 unspecified atom stereocenters. The Morgan fingerprint density at radius 3 is 1.39 bits per heavy atom. The first-order chi connectivity index (χ1) is 33.7. The zero-order chi connectivity index (χ0) is 50.3. The predicted molar refractivity (Wildman–Crippen MR) is 283 cm³/mol. The molecule has 0 aromatic rings. The number of aliphatic hydroxyl groups is 5. The van der Waals surface area contributed by atoms with Crippen LogP contribution in [0.5, 0.6) is 0 Å². The molecule has 406 valence electrons. The second-order valence-corrected chi connectivity index (χ2v) is 20.3. The summed E-state index contributed by atoms with van der Waals surface area (Å²) in [7, 11) is 0. The summed E-state index contributed by atoms with van der Waals surface area (Å²) < 4.78 is 16.7. The maximum atomic E-state index is 13.0. The van der Waals surface area contributed by atoms with Crippen molar-refractivity contribution in [3.8, 4) is 0 Å². The Hall–Kier alpha value is -1.86. The van der Waals surface area contributed by atoms with Crippen LogP contribution in [0, 0.1) is 0 Å². The zero-order valence-corrected chi connectivity index (χ0v) is 44.5. The second kappa shape index (κ2) is 48.4. The maximum Gasteiger partial charge on any atom is 0.305 e. The van der Waals surface area contributed by atoms with Crippen molar-refractivity contribution in [2.75, 3.05) is 19.8 Å². The topological polar surface area (TPSA) is 175 Å². The summed E-state index contributed by atoms with van der Waals surface area (Å²) in [5, 5.41) is 54.4. The van der Waals surface area contributed by atoms with Crippen LogP contribution in [0.2, 0.25) is 0 Å². The van der Waals surface area contributed by atoms with Crippen LogP contribution in [0.15, 0.2) is 24.3 Å². The van der Waals surface area contributed by atoms with Gasteiger partial charge in [0.2, 0.25) is 5.91 Å². The van der Waals surface area contributed by atoms with E-state index in [0.29, 0.717) is 19.4 Å². The molecule has 0 aromatic carbocycles. The number of esters is 1. The van der Waals surface area contributed by atoms with Crippen molar-refractivity contribution < 1.29 is 49.3 Å². The zero-order valence-electron chi connectivity index (χ0n) is 44.5. The van der Waals surface area contributed by atoms with E-state index in [1.54, 1.807) is 6.08 Å². The highest BCUT2D eigenvalue weighted by Crippen LogP contribution is 2.23. The molecule has 0 aliphatic carbocycles. The number of aliphatic hydroxyl groups excluding tert-OH is 5. The third-order valence-corrected chi connectivity index (χ3v) is 13.8. The van der Waals surface area contributed by atoms with Crippen molar-refractivity contribution in [2.45, 2.75) is 314 Å². The summed E-state index contributed by atoms with van der Waals surface area (Å²) in [6, 6.07) is -0.821. The fourth-order valence-electron chi connectivity index (χ4n) is 9.13. The molecule has 1 aliphatic rings. The van der Waals surface area contributed by atoms with Crippen molar-refractivity contribution in [3.63, 3.8) is 0 Å². The number of unbranched alkanes of at least 4 members (excludes halogenated alkanes) is 34. The summed E-state index contributed by atoms with van der Waals surface area (Å²) in [5.74, 6) is -0.225. The molecule has 1 rings (SSSR count). The molecular formula is C58H109NO10. The van der Waals surface area contributed by atoms with Gasteiger partial charge in [-0.05, 0) is 57.8 Å². The van der Waals surface area contributed by atoms with Gasteiger partial charge >= 0.3 is 5.97 Å². The summed E-state index contributed by atoms with van der Waals surface area (Å²) in [6.07, 6.45) is 46.8. The summed E-state index contributed by atoms with van der Waals surface area (Å²) >= 11 is 0. The molecular weight excluding hydrogens is 871 g/mol. The number of carbonyl (C=O) groups is 2. The van der Waals surface area contributed by atoms with E-state index in [-0.39, 0.29) is 18.5 Å². The molecule has 11 heteroatoms. The molecule has 1 amide bonds. The minimum Gasteiger partial charge on any atom is -0.466 e. The molecule has 0 radical (unpaired) electrons. The molecule has 1 heterocycles. The highest BCUT2D eigenvalue weighted by Gasteiger charge is 2.44. The molecule has 69 heavy (non-hydrogen) atoms. The first kappa shape index (κ1) is 65.2. The number of hydrogen-bond acceptors (Lipinski definition) is 10. The maximum absolute atomic E-state index is 13.0. The molecule has 7 atom stereocenters. The van der Waals surface area contributed by atoms with Gasteiger partial charge < -0.3 is 45.1 Å². The van der Waals surface area contributed by atoms with Gasteiger partial charge in [0.1, 0.15) is 24.4 Å². The van der Waals surface area contributed by atoms with E-state index >= 15 is 0 Å². The molecule has 1 aliphatic heterocycles. The molecule has 0 spiro atoms. The smallest absolute Gasteiger partial charge is 0.305 e. The van der Waals surface area contributed by atoms with Crippen LogP contribution in [0.4, 0.5) is 0 Å². The van der Waals surface area contributed by atoms with Gasteiger partial charge in [0.15, 0.2) is 6.29 Å². The molecule has 0 bridgehead atoms. The second-order valence-electron chi connectivity index (χ2n) is 20.3. The molecule has 1 fully saturated rings. The largest absolute Gasteiger partial charge is 0.466 e. The highest BCUT2D eigenvalue weighted by atomic mass is 16.7. The monoisotopic (exact) mass is 980 g/mol. The van der Waals surface area contributed by atoms with E-state index in [2.05, 4.69) is 31.3 Å². The predicted octanol–water partition coefficient (Wildman–Crippen LogP) is 12.9. The van der Waals surface area contributed by atoms with E-state index in [1.807, 2.05) is 6.08 Å². The van der Waals surface area contributed by atoms with Crippen molar-refractivity contribution >= 4 is 11.9 Å². The number of ether oxygens (including phenoxy) is 3. The van der Waals surface area contributed by atoms with Crippen LogP contribution < -0.4 is 5.32 Å². The van der Waals surface area contributed by atoms with Gasteiger partial charge in [0, 0.05) is 12.8 Å². The van der Waals surface area contributed by atoms with Crippen LogP contribution >= 0.6 is 0 Å². The van der Waals surface area contributed by atoms with Crippen molar-refractivity contribution in [3.05, 3.63) is 24.3 Å². The lowest BCUT2D eigenvalue weighted by atomic mass is 9.99. The quantitative estimate of drug-likeness (QED) is 0.0196. The number of carbonyl (C=O) groups excluding carboxylic acids is 2. The van der Waals surface area contributed by atoms with Crippen LogP contribution in [0.25, 0.3) is 0 Å². The van der Waals surface area contributed by atoms with Crippen LogP contribution in [-0.2, 0) is 23.8 Å². The highest BCUT2D eigenvalue weighted by molar-refractivity contribution is 5.76. The Balaban J connectivity index is 2.18. The van der Waals surface area contributed by atoms with Gasteiger partial charge in [0.25, 0.3) is 0 Å². The Bertz CT molecular complexity index is 1200. The Labute approximate surface area is 422 Å². The van der Waals surface area contributed by atoms with Crippen molar-refractivity contribution in [1.82, 2.24) is 5.32 Å². The molecule has 6 N–H and O–H groups in total. The number of amides is 1. The number of rotatable bonds is 50. The van der Waals surface area contributed by atoms with Gasteiger partial charge in [-0.3, -0.25) is 9.59 Å². The normalized spacial score (nSPS) is 19.4. The molecule has 0 saturated carbocycles. The Morgan fingerprint density at radius 1 is 0.522 bits per heavy atom. The Morgan fingerprint density at radius 2 is 0.928 bits per heavy atom. The number of allylic oxidation sites excluding steroid dienone is 3. The van der Waals surface area contributed by atoms with E-state index in [0.717, 1.165) is 83.5 Å². The first-order valence-electron chi connectivity index (χ1n) is 29.1. The third kappa shape index (κ3) is 38.4.